The van der Waals surface area contributed by atoms with Crippen molar-refractivity contribution < 1.29 is 23.0 Å². The van der Waals surface area contributed by atoms with Gasteiger partial charge in [-0.3, -0.25) is 0 Å². The molecule has 0 saturated carbocycles. The lowest BCUT2D eigenvalue weighted by Crippen LogP contribution is -2.18. The van der Waals surface area contributed by atoms with Crippen molar-refractivity contribution in [1.29, 1.82) is 0 Å². The van der Waals surface area contributed by atoms with Crippen molar-refractivity contribution in [3.63, 3.8) is 0 Å². The summed E-state index contributed by atoms with van der Waals surface area (Å²) < 4.78 is 39.9. The summed E-state index contributed by atoms with van der Waals surface area (Å²) in [6, 6.07) is 5.34. The minimum atomic E-state index is -4.79. The number of benzene rings is 1. The van der Waals surface area contributed by atoms with E-state index in [0.717, 1.165) is 6.07 Å². The van der Waals surface area contributed by atoms with Gasteiger partial charge in [0.1, 0.15) is 5.75 Å². The maximum Gasteiger partial charge on any atom is 0.573 e. The molecule has 0 aliphatic heterocycles. The number of aliphatic hydroxyl groups excluding tert-OH is 1. The van der Waals surface area contributed by atoms with Crippen LogP contribution in [0.3, 0.4) is 0 Å². The van der Waals surface area contributed by atoms with Crippen molar-refractivity contribution in [3.8, 4) is 18.1 Å². The Bertz CT molecular complexity index is 393. The third-order valence-corrected chi connectivity index (χ3v) is 1.81. The standard InChI is InChI=1S/C11H9F3O2/c1-2-5-9(15)8-6-3-4-7-10(8)16-11(12,13)14/h1,3-4,6-7,9,15H,5H2. The monoisotopic (exact) mass is 230 g/mol. The lowest BCUT2D eigenvalue weighted by Gasteiger charge is -2.15. The van der Waals surface area contributed by atoms with Crippen LogP contribution in [0.1, 0.15) is 18.1 Å². The minimum Gasteiger partial charge on any atom is -0.405 e. The second-order valence-electron chi connectivity index (χ2n) is 3.01. The summed E-state index contributed by atoms with van der Waals surface area (Å²) in [5, 5.41) is 9.51. The molecule has 0 aliphatic rings. The molecule has 1 unspecified atom stereocenters. The zero-order valence-electron chi connectivity index (χ0n) is 8.16. The Kier molecular flexibility index (Phi) is 3.80. The summed E-state index contributed by atoms with van der Waals surface area (Å²) in [6.07, 6.45) is -1.05. The van der Waals surface area contributed by atoms with Crippen molar-refractivity contribution in [2.75, 3.05) is 0 Å². The molecule has 1 N–H and O–H groups in total. The summed E-state index contributed by atoms with van der Waals surface area (Å²) in [4.78, 5) is 0. The average molecular weight is 230 g/mol. The number of rotatable bonds is 3. The van der Waals surface area contributed by atoms with Gasteiger partial charge in [-0.15, -0.1) is 25.5 Å². The van der Waals surface area contributed by atoms with Crippen LogP contribution in [0.4, 0.5) is 13.2 Å². The molecule has 0 aromatic heterocycles. The van der Waals surface area contributed by atoms with Gasteiger partial charge in [-0.1, -0.05) is 18.2 Å². The molecule has 1 aromatic rings. The third-order valence-electron chi connectivity index (χ3n) is 1.81. The first-order valence-electron chi connectivity index (χ1n) is 4.40. The molecule has 0 radical (unpaired) electrons. The van der Waals surface area contributed by atoms with Crippen LogP contribution >= 0.6 is 0 Å². The van der Waals surface area contributed by atoms with Gasteiger partial charge in [0.15, 0.2) is 0 Å². The SMILES string of the molecule is C#CCC(O)c1ccccc1OC(F)(F)F. The maximum atomic E-state index is 12.0. The summed E-state index contributed by atoms with van der Waals surface area (Å²) in [7, 11) is 0. The molecule has 0 saturated heterocycles. The highest BCUT2D eigenvalue weighted by molar-refractivity contribution is 5.35. The first-order chi connectivity index (χ1) is 7.44. The molecule has 0 heterocycles. The van der Waals surface area contributed by atoms with Gasteiger partial charge in [-0.2, -0.15) is 0 Å². The quantitative estimate of drug-likeness (QED) is 0.809. The fourth-order valence-electron chi connectivity index (χ4n) is 1.20. The number of aliphatic hydroxyl groups is 1. The van der Waals surface area contributed by atoms with Crippen LogP contribution < -0.4 is 4.74 Å². The molecule has 0 fully saturated rings. The number of alkyl halides is 3. The van der Waals surface area contributed by atoms with Gasteiger partial charge in [0.2, 0.25) is 0 Å². The summed E-state index contributed by atoms with van der Waals surface area (Å²) in [6.45, 7) is 0. The first kappa shape index (κ1) is 12.4. The molecule has 1 rings (SSSR count). The molecular weight excluding hydrogens is 221 g/mol. The summed E-state index contributed by atoms with van der Waals surface area (Å²) >= 11 is 0. The zero-order valence-corrected chi connectivity index (χ0v) is 8.16. The zero-order chi connectivity index (χ0) is 12.2. The molecular formula is C11H9F3O2. The maximum absolute atomic E-state index is 12.0. The van der Waals surface area contributed by atoms with Crippen molar-refractivity contribution in [2.24, 2.45) is 0 Å². The molecule has 0 amide bonds. The molecule has 86 valence electrons. The van der Waals surface area contributed by atoms with Crippen molar-refractivity contribution >= 4 is 0 Å². The van der Waals surface area contributed by atoms with E-state index in [9.17, 15) is 18.3 Å². The number of halogens is 3. The Hall–Kier alpha value is -1.67. The van der Waals surface area contributed by atoms with Crippen molar-refractivity contribution in [1.82, 2.24) is 0 Å². The highest BCUT2D eigenvalue weighted by Gasteiger charge is 2.32. The summed E-state index contributed by atoms with van der Waals surface area (Å²) in [5.41, 5.74) is 0.0257. The molecule has 16 heavy (non-hydrogen) atoms. The Morgan fingerprint density at radius 3 is 2.56 bits per heavy atom. The second kappa shape index (κ2) is 4.90. The Morgan fingerprint density at radius 1 is 1.38 bits per heavy atom. The lowest BCUT2D eigenvalue weighted by molar-refractivity contribution is -0.275. The van der Waals surface area contributed by atoms with Gasteiger partial charge in [-0.25, -0.2) is 0 Å². The minimum absolute atomic E-state index is 0.0257. The van der Waals surface area contributed by atoms with E-state index in [4.69, 9.17) is 6.42 Å². The smallest absolute Gasteiger partial charge is 0.405 e. The third kappa shape index (κ3) is 3.48. The Balaban J connectivity index is 2.97. The van der Waals surface area contributed by atoms with E-state index >= 15 is 0 Å². The van der Waals surface area contributed by atoms with E-state index in [0.29, 0.717) is 0 Å². The van der Waals surface area contributed by atoms with Crippen LogP contribution in [0.5, 0.6) is 5.75 Å². The second-order valence-corrected chi connectivity index (χ2v) is 3.01. The highest BCUT2D eigenvalue weighted by Crippen LogP contribution is 2.31. The number of hydrogen-bond donors (Lipinski definition) is 1. The molecule has 1 atom stereocenters. The number of hydrogen-bond acceptors (Lipinski definition) is 2. The van der Waals surface area contributed by atoms with Crippen molar-refractivity contribution in [3.05, 3.63) is 29.8 Å². The fraction of sp³-hybridized carbons (Fsp3) is 0.273. The fourth-order valence-corrected chi connectivity index (χ4v) is 1.20. The molecule has 2 nitrogen and oxygen atoms in total. The van der Waals surface area contributed by atoms with Crippen molar-refractivity contribution in [2.45, 2.75) is 18.9 Å². The summed E-state index contributed by atoms with van der Waals surface area (Å²) in [5.74, 6) is 1.74. The first-order valence-corrected chi connectivity index (χ1v) is 4.40. The Morgan fingerprint density at radius 2 is 2.00 bits per heavy atom. The van der Waals surface area contributed by atoms with Gasteiger partial charge in [0.25, 0.3) is 0 Å². The van der Waals surface area contributed by atoms with Gasteiger partial charge >= 0.3 is 6.36 Å². The van der Waals surface area contributed by atoms with E-state index in [2.05, 4.69) is 10.7 Å². The van der Waals surface area contributed by atoms with E-state index < -0.39 is 18.2 Å². The average Bonchev–Trinajstić information content (AvgIpc) is 2.16. The predicted molar refractivity (Wildman–Crippen MR) is 51.5 cm³/mol. The number of ether oxygens (including phenoxy) is 1. The van der Waals surface area contributed by atoms with Gasteiger partial charge < -0.3 is 9.84 Å². The highest BCUT2D eigenvalue weighted by atomic mass is 19.4. The molecule has 5 heteroatoms. The molecule has 0 aliphatic carbocycles. The van der Waals surface area contributed by atoms with E-state index in [1.165, 1.54) is 18.2 Å². The van der Waals surface area contributed by atoms with Crippen LogP contribution in [0.2, 0.25) is 0 Å². The van der Waals surface area contributed by atoms with Crippen LogP contribution in [-0.4, -0.2) is 11.5 Å². The van der Waals surface area contributed by atoms with Crippen LogP contribution in [0.15, 0.2) is 24.3 Å². The largest absolute Gasteiger partial charge is 0.573 e. The lowest BCUT2D eigenvalue weighted by atomic mass is 10.1. The van der Waals surface area contributed by atoms with Crippen LogP contribution in [0.25, 0.3) is 0 Å². The van der Waals surface area contributed by atoms with Gasteiger partial charge in [0, 0.05) is 12.0 Å². The van der Waals surface area contributed by atoms with E-state index in [-0.39, 0.29) is 12.0 Å². The number of terminal acetylenes is 1. The number of para-hydroxylation sites is 1. The molecule has 0 bridgehead atoms. The molecule has 1 aromatic carbocycles. The molecule has 0 spiro atoms. The van der Waals surface area contributed by atoms with Gasteiger partial charge in [-0.05, 0) is 6.07 Å². The van der Waals surface area contributed by atoms with Crippen LogP contribution in [0, 0.1) is 12.3 Å². The normalized spacial score (nSPS) is 12.9. The predicted octanol–water partition coefficient (Wildman–Crippen LogP) is 2.64. The van der Waals surface area contributed by atoms with Gasteiger partial charge in [0.05, 0.1) is 6.10 Å². The van der Waals surface area contributed by atoms with Crippen LogP contribution in [-0.2, 0) is 0 Å². The topological polar surface area (TPSA) is 29.5 Å². The van der Waals surface area contributed by atoms with E-state index in [1.807, 2.05) is 0 Å². The van der Waals surface area contributed by atoms with E-state index in [1.54, 1.807) is 0 Å². The Labute approximate surface area is 90.7 Å².